The van der Waals surface area contributed by atoms with E-state index in [4.69, 9.17) is 4.42 Å². The second kappa shape index (κ2) is 8.03. The van der Waals surface area contributed by atoms with Crippen molar-refractivity contribution in [2.24, 2.45) is 0 Å². The van der Waals surface area contributed by atoms with Crippen molar-refractivity contribution >= 4 is 27.5 Å². The molecule has 1 N–H and O–H groups in total. The van der Waals surface area contributed by atoms with Crippen molar-refractivity contribution in [2.75, 3.05) is 0 Å². The van der Waals surface area contributed by atoms with Gasteiger partial charge >= 0.3 is 0 Å². The van der Waals surface area contributed by atoms with Gasteiger partial charge in [-0.05, 0) is 32.3 Å². The number of benzene rings is 2. The number of hydrogen-bond acceptors (Lipinski definition) is 3. The van der Waals surface area contributed by atoms with Crippen molar-refractivity contribution in [2.45, 2.75) is 32.7 Å². The molecule has 0 saturated heterocycles. The van der Waals surface area contributed by atoms with Crippen molar-refractivity contribution in [1.82, 2.24) is 5.32 Å². The fourth-order valence-corrected chi connectivity index (χ4v) is 4.42. The maximum atomic E-state index is 12.9. The number of hydrogen-bond donors (Lipinski definition) is 1. The molecule has 2 aromatic heterocycles. The number of amides is 1. The van der Waals surface area contributed by atoms with Gasteiger partial charge in [-0.15, -0.1) is 11.3 Å². The average molecular weight is 390 g/mol. The molecular formula is C24H23NO2S. The Balaban J connectivity index is 1.50. The summed E-state index contributed by atoms with van der Waals surface area (Å²) in [5.41, 5.74) is 3.66. The smallest absolute Gasteiger partial charge is 0.256 e. The predicted molar refractivity (Wildman–Crippen MR) is 116 cm³/mol. The molecule has 2 aromatic carbocycles. The van der Waals surface area contributed by atoms with Crippen LogP contribution in [0, 0.1) is 6.92 Å². The van der Waals surface area contributed by atoms with E-state index in [0.717, 1.165) is 33.7 Å². The molecular weight excluding hydrogens is 366 g/mol. The van der Waals surface area contributed by atoms with E-state index in [1.165, 1.54) is 5.56 Å². The van der Waals surface area contributed by atoms with Crippen molar-refractivity contribution < 1.29 is 9.21 Å². The molecule has 2 heterocycles. The summed E-state index contributed by atoms with van der Waals surface area (Å²) in [6.07, 6.45) is 1.84. The predicted octanol–water partition coefficient (Wildman–Crippen LogP) is 6.22. The van der Waals surface area contributed by atoms with Gasteiger partial charge in [0.25, 0.3) is 5.91 Å². The molecule has 0 bridgehead atoms. The SMILES string of the molecule is Cc1sc2cc(-c3ccccc3)oc2c1C(=O)N[C@@H](C)CCc1ccccc1. The largest absolute Gasteiger partial charge is 0.454 e. The lowest BCUT2D eigenvalue weighted by Crippen LogP contribution is -2.33. The summed E-state index contributed by atoms with van der Waals surface area (Å²) in [6.45, 7) is 4.03. The minimum atomic E-state index is -0.0572. The zero-order valence-electron chi connectivity index (χ0n) is 16.1. The Bertz CT molecular complexity index is 1080. The molecule has 0 fully saturated rings. The maximum absolute atomic E-state index is 12.9. The van der Waals surface area contributed by atoms with E-state index >= 15 is 0 Å². The highest BCUT2D eigenvalue weighted by Crippen LogP contribution is 2.37. The summed E-state index contributed by atoms with van der Waals surface area (Å²) in [6, 6.07) is 22.4. The first-order valence-electron chi connectivity index (χ1n) is 9.55. The van der Waals surface area contributed by atoms with Crippen LogP contribution in [0.2, 0.25) is 0 Å². The molecule has 0 saturated carbocycles. The van der Waals surface area contributed by atoms with Gasteiger partial charge in [0, 0.05) is 22.5 Å². The highest BCUT2D eigenvalue weighted by molar-refractivity contribution is 7.19. The summed E-state index contributed by atoms with van der Waals surface area (Å²) >= 11 is 1.61. The van der Waals surface area contributed by atoms with Gasteiger partial charge < -0.3 is 9.73 Å². The first-order chi connectivity index (χ1) is 13.6. The van der Waals surface area contributed by atoms with Crippen LogP contribution in [-0.4, -0.2) is 11.9 Å². The molecule has 28 heavy (non-hydrogen) atoms. The minimum Gasteiger partial charge on any atom is -0.454 e. The molecule has 0 aliphatic heterocycles. The Kier molecular flexibility index (Phi) is 5.31. The Morgan fingerprint density at radius 3 is 2.46 bits per heavy atom. The average Bonchev–Trinajstić information content (AvgIpc) is 3.24. The Labute approximate surface area is 169 Å². The van der Waals surface area contributed by atoms with Gasteiger partial charge in [0.15, 0.2) is 5.58 Å². The van der Waals surface area contributed by atoms with Crippen LogP contribution in [0.5, 0.6) is 0 Å². The van der Waals surface area contributed by atoms with Gasteiger partial charge in [-0.1, -0.05) is 60.7 Å². The quantitative estimate of drug-likeness (QED) is 0.425. The molecule has 4 rings (SSSR count). The van der Waals surface area contributed by atoms with E-state index < -0.39 is 0 Å². The fraction of sp³-hybridized carbons (Fsp3) is 0.208. The Morgan fingerprint density at radius 2 is 1.75 bits per heavy atom. The Morgan fingerprint density at radius 1 is 1.07 bits per heavy atom. The highest BCUT2D eigenvalue weighted by Gasteiger charge is 2.22. The molecule has 0 radical (unpaired) electrons. The zero-order chi connectivity index (χ0) is 19.5. The van der Waals surface area contributed by atoms with E-state index in [0.29, 0.717) is 11.1 Å². The van der Waals surface area contributed by atoms with Crippen LogP contribution in [-0.2, 0) is 6.42 Å². The van der Waals surface area contributed by atoms with Crippen LogP contribution >= 0.6 is 11.3 Å². The zero-order valence-corrected chi connectivity index (χ0v) is 16.9. The van der Waals surface area contributed by atoms with Gasteiger partial charge in [0.2, 0.25) is 0 Å². The van der Waals surface area contributed by atoms with E-state index in [9.17, 15) is 4.79 Å². The summed E-state index contributed by atoms with van der Waals surface area (Å²) in [5.74, 6) is 0.742. The van der Waals surface area contributed by atoms with Crippen LogP contribution in [0.4, 0.5) is 0 Å². The van der Waals surface area contributed by atoms with E-state index in [1.807, 2.05) is 61.5 Å². The van der Waals surface area contributed by atoms with Gasteiger partial charge in [-0.25, -0.2) is 0 Å². The molecule has 0 aliphatic rings. The van der Waals surface area contributed by atoms with Gasteiger partial charge in [0.1, 0.15) is 5.76 Å². The van der Waals surface area contributed by atoms with Crippen LogP contribution in [0.3, 0.4) is 0 Å². The van der Waals surface area contributed by atoms with Crippen molar-refractivity contribution in [3.8, 4) is 11.3 Å². The van der Waals surface area contributed by atoms with Crippen LogP contribution in [0.15, 0.2) is 71.1 Å². The normalized spacial score (nSPS) is 12.2. The third-order valence-electron chi connectivity index (χ3n) is 4.91. The molecule has 4 aromatic rings. The fourth-order valence-electron chi connectivity index (χ4n) is 3.40. The maximum Gasteiger partial charge on any atom is 0.256 e. The number of carbonyl (C=O) groups is 1. The minimum absolute atomic E-state index is 0.0572. The third kappa shape index (κ3) is 3.87. The van der Waals surface area contributed by atoms with Crippen molar-refractivity contribution in [3.63, 3.8) is 0 Å². The highest BCUT2D eigenvalue weighted by atomic mass is 32.1. The summed E-state index contributed by atoms with van der Waals surface area (Å²) in [4.78, 5) is 13.9. The number of fused-ring (bicyclic) bond motifs is 1. The summed E-state index contributed by atoms with van der Waals surface area (Å²) < 4.78 is 7.10. The Hall–Kier alpha value is -2.85. The second-order valence-corrected chi connectivity index (χ2v) is 8.36. The van der Waals surface area contributed by atoms with E-state index in [2.05, 4.69) is 24.4 Å². The van der Waals surface area contributed by atoms with E-state index in [-0.39, 0.29) is 11.9 Å². The number of furan rings is 1. The number of rotatable bonds is 6. The van der Waals surface area contributed by atoms with Gasteiger partial charge in [0.05, 0.1) is 10.3 Å². The first kappa shape index (κ1) is 18.5. The molecule has 1 amide bonds. The summed E-state index contributed by atoms with van der Waals surface area (Å²) in [7, 11) is 0. The number of aryl methyl sites for hydroxylation is 2. The third-order valence-corrected chi connectivity index (χ3v) is 5.95. The first-order valence-corrected chi connectivity index (χ1v) is 10.4. The lowest BCUT2D eigenvalue weighted by Gasteiger charge is -2.14. The molecule has 4 heteroatoms. The van der Waals surface area contributed by atoms with Crippen LogP contribution in [0.25, 0.3) is 21.6 Å². The lowest BCUT2D eigenvalue weighted by atomic mass is 10.1. The summed E-state index contributed by atoms with van der Waals surface area (Å²) in [5, 5.41) is 3.14. The second-order valence-electron chi connectivity index (χ2n) is 7.10. The molecule has 1 atom stereocenters. The van der Waals surface area contributed by atoms with Crippen LogP contribution in [0.1, 0.15) is 34.1 Å². The molecule has 3 nitrogen and oxygen atoms in total. The standard InChI is InChI=1S/C24H23NO2S/c1-16(13-14-18-9-5-3-6-10-18)25-24(26)22-17(2)28-21-15-20(27-23(21)22)19-11-7-4-8-12-19/h3-12,15-16H,13-14H2,1-2H3,(H,25,26)/t16-/m0/s1. The molecule has 0 spiro atoms. The van der Waals surface area contributed by atoms with E-state index in [1.54, 1.807) is 11.3 Å². The van der Waals surface area contributed by atoms with Gasteiger partial charge in [-0.3, -0.25) is 4.79 Å². The van der Waals surface area contributed by atoms with Crippen LogP contribution < -0.4 is 5.32 Å². The molecule has 0 unspecified atom stereocenters. The van der Waals surface area contributed by atoms with Gasteiger partial charge in [-0.2, -0.15) is 0 Å². The molecule has 142 valence electrons. The lowest BCUT2D eigenvalue weighted by molar-refractivity contribution is 0.0939. The van der Waals surface area contributed by atoms with Crippen molar-refractivity contribution in [1.29, 1.82) is 0 Å². The number of nitrogens with one attached hydrogen (secondary N) is 1. The monoisotopic (exact) mass is 389 g/mol. The number of thiophene rings is 1. The molecule has 0 aliphatic carbocycles. The topological polar surface area (TPSA) is 42.2 Å². The number of carbonyl (C=O) groups excluding carboxylic acids is 1. The van der Waals surface area contributed by atoms with Crippen molar-refractivity contribution in [3.05, 3.63) is 82.7 Å².